The zero-order chi connectivity index (χ0) is 25.7. The highest BCUT2D eigenvalue weighted by Gasteiger charge is 2.11. The highest BCUT2D eigenvalue weighted by molar-refractivity contribution is 5.97. The van der Waals surface area contributed by atoms with Gasteiger partial charge in [-0.2, -0.15) is 0 Å². The van der Waals surface area contributed by atoms with Gasteiger partial charge in [0.15, 0.2) is 5.78 Å². The van der Waals surface area contributed by atoms with E-state index in [0.29, 0.717) is 11.2 Å². The van der Waals surface area contributed by atoms with Gasteiger partial charge in [0.2, 0.25) is 0 Å². The lowest BCUT2D eigenvalue weighted by Crippen LogP contribution is -2.05. The minimum absolute atomic E-state index is 0.291. The summed E-state index contributed by atoms with van der Waals surface area (Å²) in [5.74, 6) is -0.582. The fourth-order valence-electron chi connectivity index (χ4n) is 2.83. The highest BCUT2D eigenvalue weighted by Crippen LogP contribution is 2.23. The quantitative estimate of drug-likeness (QED) is 0.494. The molecule has 6 heteroatoms. The van der Waals surface area contributed by atoms with E-state index in [1.807, 2.05) is 24.6 Å². The van der Waals surface area contributed by atoms with Gasteiger partial charge in [0, 0.05) is 35.5 Å². The van der Waals surface area contributed by atoms with Crippen LogP contribution in [0.4, 0.5) is 0 Å². The predicted octanol–water partition coefficient (Wildman–Crippen LogP) is 3.77. The van der Waals surface area contributed by atoms with Crippen LogP contribution in [0, 0.1) is 6.92 Å². The van der Waals surface area contributed by atoms with E-state index in [2.05, 4.69) is 19.7 Å². The summed E-state index contributed by atoms with van der Waals surface area (Å²) in [6.45, 7) is 1.89. The van der Waals surface area contributed by atoms with E-state index in [4.69, 9.17) is 9.60 Å². The fraction of sp³-hybridized carbons (Fsp3) is 0.182. The summed E-state index contributed by atoms with van der Waals surface area (Å²) in [5.41, 5.74) is 2.20. The van der Waals surface area contributed by atoms with Crippen molar-refractivity contribution >= 4 is 16.7 Å². The van der Waals surface area contributed by atoms with Crippen molar-refractivity contribution in [3.8, 4) is 17.0 Å². The minimum Gasteiger partial charge on any atom is -0.497 e. The van der Waals surface area contributed by atoms with Gasteiger partial charge >= 0.3 is 0 Å². The lowest BCUT2D eigenvalue weighted by molar-refractivity contribution is 0.0992. The lowest BCUT2D eigenvalue weighted by Gasteiger charge is -2.07. The molecule has 0 radical (unpaired) electrons. The van der Waals surface area contributed by atoms with Crippen LogP contribution in [0.5, 0.6) is 5.75 Å². The molecule has 0 saturated carbocycles. The first kappa shape index (κ1) is 11.3. The van der Waals surface area contributed by atoms with Crippen LogP contribution >= 0.6 is 0 Å². The average Bonchev–Trinajstić information content (AvgIpc) is 3.12. The van der Waals surface area contributed by atoms with Gasteiger partial charge in [-0.25, -0.2) is 4.98 Å². The van der Waals surface area contributed by atoms with Crippen molar-refractivity contribution in [2.24, 2.45) is 7.05 Å². The third kappa shape index (κ3) is 3.36. The first-order valence-corrected chi connectivity index (χ1v) is 8.43. The molecule has 0 N–H and O–H groups in total. The van der Waals surface area contributed by atoms with Gasteiger partial charge in [0.25, 0.3) is 0 Å². The van der Waals surface area contributed by atoms with E-state index in [-0.39, 0.29) is 6.42 Å². The minimum atomic E-state index is -2.97. The van der Waals surface area contributed by atoms with E-state index in [1.165, 1.54) is 6.20 Å². The maximum atomic E-state index is 13.0. The second-order valence-electron chi connectivity index (χ2n) is 6.25. The molecule has 0 unspecified atom stereocenters. The number of hydrogen-bond acceptors (Lipinski definition) is 5. The second kappa shape index (κ2) is 7.23. The summed E-state index contributed by atoms with van der Waals surface area (Å²) in [6.07, 6.45) is 4.67. The number of methoxy groups -OCH3 is 1. The van der Waals surface area contributed by atoms with Crippen LogP contribution in [0.1, 0.15) is 31.5 Å². The van der Waals surface area contributed by atoms with Crippen LogP contribution in [-0.4, -0.2) is 32.3 Å². The summed E-state index contributed by atoms with van der Waals surface area (Å²) in [5, 5.41) is 0.722. The van der Waals surface area contributed by atoms with E-state index in [1.54, 1.807) is 18.5 Å². The number of hydrogen-bond donors (Lipinski definition) is 0. The Morgan fingerprint density at radius 1 is 1.14 bits per heavy atom. The molecule has 0 aliphatic rings. The van der Waals surface area contributed by atoms with Crippen LogP contribution in [0.2, 0.25) is 0 Å². The molecule has 0 spiro atoms. The first-order valence-electron chi connectivity index (χ1n) is 11.9. The number of carbonyl (C=O) groups excluding carboxylic acids is 1. The highest BCUT2D eigenvalue weighted by atomic mass is 16.5. The number of ether oxygens (including phenoxy) is 1. The third-order valence-electron chi connectivity index (χ3n) is 4.47. The molecule has 3 heterocycles. The van der Waals surface area contributed by atoms with Gasteiger partial charge < -0.3 is 9.30 Å². The Labute approximate surface area is 172 Å². The van der Waals surface area contributed by atoms with Gasteiger partial charge in [-0.15, -0.1) is 0 Å². The molecule has 0 aliphatic carbocycles. The van der Waals surface area contributed by atoms with Crippen molar-refractivity contribution in [1.82, 2.24) is 19.5 Å². The Hall–Kier alpha value is -3.54. The standard InChI is InChI=1S/C22H20N4O2/c1-14-23-13-21(26(14)2)17-8-16-9-18(24-12-20(16)25-11-17)10-22(27)15-4-6-19(28-3)7-5-15/h4-9,11-13H,10H2,1-3H3/i3D3,4D,5D,6D,7D. The number of aryl methyl sites for hydroxylation is 1. The van der Waals surface area contributed by atoms with Crippen LogP contribution in [0.3, 0.4) is 0 Å². The molecule has 140 valence electrons. The fourth-order valence-corrected chi connectivity index (χ4v) is 2.83. The van der Waals surface area contributed by atoms with Gasteiger partial charge in [-0.05, 0) is 43.2 Å². The molecule has 0 amide bonds. The topological polar surface area (TPSA) is 69.9 Å². The molecule has 0 atom stereocenters. The molecular weight excluding hydrogens is 352 g/mol. The van der Waals surface area contributed by atoms with Gasteiger partial charge in [0.05, 0.1) is 46.7 Å². The number of rotatable bonds is 5. The van der Waals surface area contributed by atoms with Gasteiger partial charge in [-0.3, -0.25) is 14.8 Å². The van der Waals surface area contributed by atoms with Crippen LogP contribution < -0.4 is 4.74 Å². The predicted molar refractivity (Wildman–Crippen MR) is 108 cm³/mol. The van der Waals surface area contributed by atoms with Crippen molar-refractivity contribution < 1.29 is 19.1 Å². The van der Waals surface area contributed by atoms with Crippen molar-refractivity contribution in [1.29, 1.82) is 0 Å². The number of ketones is 1. The van der Waals surface area contributed by atoms with Gasteiger partial charge in [-0.1, -0.05) is 0 Å². The largest absolute Gasteiger partial charge is 0.497 e. The molecule has 0 aliphatic heterocycles. The molecule has 3 aromatic heterocycles. The maximum Gasteiger partial charge on any atom is 0.168 e. The zero-order valence-corrected chi connectivity index (χ0v) is 15.2. The number of pyridine rings is 2. The van der Waals surface area contributed by atoms with Gasteiger partial charge in [0.1, 0.15) is 11.6 Å². The Bertz CT molecular complexity index is 1450. The summed E-state index contributed by atoms with van der Waals surface area (Å²) in [6, 6.07) is 0.744. The molecular formula is C22H20N4O2. The summed E-state index contributed by atoms with van der Waals surface area (Å²) in [7, 11) is -1.07. The Morgan fingerprint density at radius 3 is 2.68 bits per heavy atom. The third-order valence-corrected chi connectivity index (χ3v) is 4.47. The van der Waals surface area contributed by atoms with E-state index in [9.17, 15) is 4.79 Å². The van der Waals surface area contributed by atoms with E-state index < -0.39 is 48.3 Å². The van der Waals surface area contributed by atoms with Crippen LogP contribution in [0.15, 0.2) is 54.9 Å². The molecule has 1 aromatic carbocycles. The number of Topliss-reactive ketones (excluding diaryl/α,β-unsaturated/α-hetero) is 1. The molecule has 0 fully saturated rings. The number of aromatic nitrogens is 4. The zero-order valence-electron chi connectivity index (χ0n) is 22.2. The van der Waals surface area contributed by atoms with Crippen LogP contribution in [-0.2, 0) is 13.5 Å². The molecule has 6 nitrogen and oxygen atoms in total. The molecule has 28 heavy (non-hydrogen) atoms. The normalized spacial score (nSPS) is 15.0. The van der Waals surface area contributed by atoms with Crippen molar-refractivity contribution in [3.05, 3.63) is 72.0 Å². The number of nitrogens with zero attached hydrogens (tertiary/aromatic N) is 4. The monoisotopic (exact) mass is 379 g/mol. The molecule has 4 rings (SSSR count). The molecule has 4 aromatic rings. The molecule has 0 bridgehead atoms. The SMILES string of the molecule is [2H]c1c([2H])c(C(=O)Cc2cc3cc(-c4cnc(C)n4C)cnc3cn2)c([2H])c([2H])c1OC([2H])([2H])[2H]. The summed E-state index contributed by atoms with van der Waals surface area (Å²) in [4.78, 5) is 26.0. The van der Waals surface area contributed by atoms with E-state index in [0.717, 1.165) is 22.5 Å². The number of benzene rings is 1. The Kier molecular flexibility index (Phi) is 2.93. The number of imidazole rings is 1. The Morgan fingerprint density at radius 2 is 1.96 bits per heavy atom. The second-order valence-corrected chi connectivity index (χ2v) is 6.25. The number of fused-ring (bicyclic) bond motifs is 1. The Balaban J connectivity index is 1.69. The number of carbonyl (C=O) groups is 1. The maximum absolute atomic E-state index is 13.0. The molecule has 0 saturated heterocycles. The first-order chi connectivity index (χ1) is 16.4. The van der Waals surface area contributed by atoms with E-state index >= 15 is 0 Å². The van der Waals surface area contributed by atoms with Crippen LogP contribution in [0.25, 0.3) is 22.2 Å². The van der Waals surface area contributed by atoms with Crippen molar-refractivity contribution in [3.63, 3.8) is 0 Å². The smallest absolute Gasteiger partial charge is 0.168 e. The lowest BCUT2D eigenvalue weighted by atomic mass is 10.0. The summed E-state index contributed by atoms with van der Waals surface area (Å²) >= 11 is 0. The summed E-state index contributed by atoms with van der Waals surface area (Å²) < 4.78 is 60.4. The van der Waals surface area contributed by atoms with Crippen molar-refractivity contribution in [2.45, 2.75) is 13.3 Å². The average molecular weight is 379 g/mol. The van der Waals surface area contributed by atoms with Crippen molar-refractivity contribution in [2.75, 3.05) is 7.04 Å².